The van der Waals surface area contributed by atoms with Gasteiger partial charge in [-0.2, -0.15) is 0 Å². The van der Waals surface area contributed by atoms with Crippen LogP contribution in [0.5, 0.6) is 5.75 Å². The summed E-state index contributed by atoms with van der Waals surface area (Å²) in [5.41, 5.74) is -0.205. The highest BCUT2D eigenvalue weighted by atomic mass is 32.1. The molecular formula is C25H22N2O5S. The first kappa shape index (κ1) is 21.4. The lowest BCUT2D eigenvalue weighted by Crippen LogP contribution is -2.57. The Balaban J connectivity index is 1.58. The van der Waals surface area contributed by atoms with Gasteiger partial charge in [-0.25, -0.2) is 0 Å². The molecule has 2 aliphatic heterocycles. The SMILES string of the molecule is O=C1C2C(c3cccs3)NC(Cc3ccc(O)cc3)(C(=O)O)C2C(=O)N1Cc1ccccc1. The van der Waals surface area contributed by atoms with Crippen molar-refractivity contribution in [1.82, 2.24) is 10.2 Å². The van der Waals surface area contributed by atoms with Gasteiger partial charge in [-0.05, 0) is 34.7 Å². The molecule has 3 aromatic rings. The Labute approximate surface area is 194 Å². The Kier molecular flexibility index (Phi) is 5.26. The van der Waals surface area contributed by atoms with Crippen LogP contribution in [0, 0.1) is 11.8 Å². The molecule has 2 aromatic carbocycles. The number of hydrogen-bond acceptors (Lipinski definition) is 6. The average Bonchev–Trinajstić information content (AvgIpc) is 3.51. The van der Waals surface area contributed by atoms with Gasteiger partial charge in [0.05, 0.1) is 24.4 Å². The van der Waals surface area contributed by atoms with Crippen molar-refractivity contribution in [2.45, 2.75) is 24.5 Å². The number of hydrogen-bond donors (Lipinski definition) is 3. The van der Waals surface area contributed by atoms with E-state index < -0.39 is 35.3 Å². The van der Waals surface area contributed by atoms with Crippen LogP contribution in [0.15, 0.2) is 72.1 Å². The second-order valence-electron chi connectivity index (χ2n) is 8.51. The van der Waals surface area contributed by atoms with Crippen LogP contribution in [-0.2, 0) is 27.3 Å². The molecule has 0 aliphatic carbocycles. The molecule has 5 rings (SSSR count). The largest absolute Gasteiger partial charge is 0.508 e. The molecule has 1 aromatic heterocycles. The summed E-state index contributed by atoms with van der Waals surface area (Å²) in [7, 11) is 0. The summed E-state index contributed by atoms with van der Waals surface area (Å²) < 4.78 is 0. The lowest BCUT2D eigenvalue weighted by Gasteiger charge is -2.31. The summed E-state index contributed by atoms with van der Waals surface area (Å²) in [6.07, 6.45) is 0.00382. The van der Waals surface area contributed by atoms with Crippen molar-refractivity contribution in [3.63, 3.8) is 0 Å². The number of imide groups is 1. The zero-order valence-corrected chi connectivity index (χ0v) is 18.4. The van der Waals surface area contributed by atoms with E-state index in [9.17, 15) is 24.6 Å². The number of thiophene rings is 1. The summed E-state index contributed by atoms with van der Waals surface area (Å²) >= 11 is 1.43. The van der Waals surface area contributed by atoms with Crippen LogP contribution in [0.3, 0.4) is 0 Å². The number of aromatic hydroxyl groups is 1. The number of benzene rings is 2. The molecule has 4 unspecified atom stereocenters. The van der Waals surface area contributed by atoms with E-state index in [1.807, 2.05) is 47.8 Å². The standard InChI is InChI=1S/C25H22N2O5S/c28-17-10-8-15(9-11-17)13-25(24(31)32)20-19(21(26-25)18-7-4-12-33-18)22(29)27(23(20)30)14-16-5-2-1-3-6-16/h1-12,19-21,26,28H,13-14H2,(H,31,32). The Hall–Kier alpha value is -3.49. The van der Waals surface area contributed by atoms with Crippen LogP contribution in [0.25, 0.3) is 0 Å². The van der Waals surface area contributed by atoms with Crippen LogP contribution >= 0.6 is 11.3 Å². The van der Waals surface area contributed by atoms with E-state index in [-0.39, 0.29) is 24.6 Å². The summed E-state index contributed by atoms with van der Waals surface area (Å²) in [5.74, 6) is -3.79. The Morgan fingerprint density at radius 1 is 0.970 bits per heavy atom. The Morgan fingerprint density at radius 2 is 1.70 bits per heavy atom. The molecule has 2 fully saturated rings. The van der Waals surface area contributed by atoms with Crippen LogP contribution in [0.4, 0.5) is 0 Å². The van der Waals surface area contributed by atoms with Crippen LogP contribution in [-0.4, -0.2) is 38.4 Å². The normalized spacial score (nSPS) is 26.5. The Morgan fingerprint density at radius 3 is 2.33 bits per heavy atom. The third kappa shape index (κ3) is 3.51. The van der Waals surface area contributed by atoms with Crippen molar-refractivity contribution in [3.05, 3.63) is 88.1 Å². The highest BCUT2D eigenvalue weighted by Gasteiger charge is 2.68. The number of nitrogens with one attached hydrogen (secondary N) is 1. The maximum absolute atomic E-state index is 13.6. The molecule has 2 aliphatic rings. The summed E-state index contributed by atoms with van der Waals surface area (Å²) in [6, 6.07) is 18.6. The molecule has 0 bridgehead atoms. The number of phenols is 1. The van der Waals surface area contributed by atoms with Crippen molar-refractivity contribution in [3.8, 4) is 5.75 Å². The maximum atomic E-state index is 13.6. The van der Waals surface area contributed by atoms with Gasteiger partial charge in [0.2, 0.25) is 11.8 Å². The first-order valence-corrected chi connectivity index (χ1v) is 11.5. The van der Waals surface area contributed by atoms with Gasteiger partial charge in [0, 0.05) is 11.3 Å². The minimum absolute atomic E-state index is 0.00382. The van der Waals surface area contributed by atoms with Gasteiger partial charge in [0.15, 0.2) is 0 Å². The van der Waals surface area contributed by atoms with Gasteiger partial charge in [-0.15, -0.1) is 11.3 Å². The van der Waals surface area contributed by atoms with Crippen molar-refractivity contribution in [2.75, 3.05) is 0 Å². The maximum Gasteiger partial charge on any atom is 0.325 e. The van der Waals surface area contributed by atoms with Crippen LogP contribution in [0.1, 0.15) is 22.0 Å². The molecule has 168 valence electrons. The minimum atomic E-state index is -1.66. The van der Waals surface area contributed by atoms with Gasteiger partial charge in [-0.1, -0.05) is 48.5 Å². The third-order valence-corrected chi connectivity index (χ3v) is 7.54. The number of fused-ring (bicyclic) bond motifs is 1. The fourth-order valence-corrected chi connectivity index (χ4v) is 5.89. The molecular weight excluding hydrogens is 440 g/mol. The third-order valence-electron chi connectivity index (χ3n) is 6.58. The first-order valence-electron chi connectivity index (χ1n) is 10.6. The van der Waals surface area contributed by atoms with Gasteiger partial charge < -0.3 is 10.2 Å². The number of carboxylic acids is 1. The highest BCUT2D eigenvalue weighted by molar-refractivity contribution is 7.10. The van der Waals surface area contributed by atoms with E-state index in [0.29, 0.717) is 5.56 Å². The highest BCUT2D eigenvalue weighted by Crippen LogP contribution is 2.51. The van der Waals surface area contributed by atoms with Crippen molar-refractivity contribution in [1.29, 1.82) is 0 Å². The van der Waals surface area contributed by atoms with Crippen molar-refractivity contribution < 1.29 is 24.6 Å². The number of rotatable bonds is 6. The number of aliphatic carboxylic acids is 1. The Bertz CT molecular complexity index is 1200. The number of nitrogens with zero attached hydrogens (tertiary/aromatic N) is 1. The molecule has 0 radical (unpaired) electrons. The number of phenolic OH excluding ortho intramolecular Hbond substituents is 1. The fraction of sp³-hybridized carbons (Fsp3) is 0.240. The smallest absolute Gasteiger partial charge is 0.325 e. The summed E-state index contributed by atoms with van der Waals surface area (Å²) in [6.45, 7) is 0.109. The molecule has 2 saturated heterocycles. The first-order chi connectivity index (χ1) is 15.9. The van der Waals surface area contributed by atoms with E-state index in [1.54, 1.807) is 12.1 Å². The van der Waals surface area contributed by atoms with E-state index in [4.69, 9.17) is 0 Å². The molecule has 7 nitrogen and oxygen atoms in total. The number of carbonyl (C=O) groups excluding carboxylic acids is 2. The van der Waals surface area contributed by atoms with Gasteiger partial charge in [0.1, 0.15) is 11.3 Å². The topological polar surface area (TPSA) is 107 Å². The van der Waals surface area contributed by atoms with Crippen molar-refractivity contribution >= 4 is 29.1 Å². The zero-order valence-electron chi connectivity index (χ0n) is 17.5. The number of carboxylic acid groups (broad SMARTS) is 1. The zero-order chi connectivity index (χ0) is 23.2. The predicted molar refractivity (Wildman–Crippen MR) is 121 cm³/mol. The van der Waals surface area contributed by atoms with Gasteiger partial charge in [0.25, 0.3) is 0 Å². The lowest BCUT2D eigenvalue weighted by molar-refractivity contribution is -0.151. The molecule has 3 heterocycles. The molecule has 4 atom stereocenters. The molecule has 3 N–H and O–H groups in total. The van der Waals surface area contributed by atoms with Crippen LogP contribution in [0.2, 0.25) is 0 Å². The number of amides is 2. The monoisotopic (exact) mass is 462 g/mol. The van der Waals surface area contributed by atoms with E-state index in [0.717, 1.165) is 10.4 Å². The summed E-state index contributed by atoms with van der Waals surface area (Å²) in [5, 5.41) is 25.1. The predicted octanol–water partition coefficient (Wildman–Crippen LogP) is 2.97. The lowest BCUT2D eigenvalue weighted by atomic mass is 9.76. The number of carbonyl (C=O) groups is 3. The van der Waals surface area contributed by atoms with Gasteiger partial charge in [-0.3, -0.25) is 24.6 Å². The van der Waals surface area contributed by atoms with E-state index in [1.165, 1.54) is 28.4 Å². The number of likely N-dealkylation sites (tertiary alicyclic amines) is 1. The average molecular weight is 463 g/mol. The molecule has 8 heteroatoms. The molecule has 2 amide bonds. The molecule has 33 heavy (non-hydrogen) atoms. The van der Waals surface area contributed by atoms with Crippen molar-refractivity contribution in [2.24, 2.45) is 11.8 Å². The minimum Gasteiger partial charge on any atom is -0.508 e. The fourth-order valence-electron chi connectivity index (χ4n) is 5.07. The van der Waals surface area contributed by atoms with E-state index >= 15 is 0 Å². The summed E-state index contributed by atoms with van der Waals surface area (Å²) in [4.78, 5) is 42.0. The van der Waals surface area contributed by atoms with Gasteiger partial charge >= 0.3 is 5.97 Å². The second-order valence-corrected chi connectivity index (χ2v) is 9.49. The second kappa shape index (κ2) is 8.13. The van der Waals surface area contributed by atoms with Crippen LogP contribution < -0.4 is 5.32 Å². The quantitative estimate of drug-likeness (QED) is 0.486. The van der Waals surface area contributed by atoms with E-state index in [2.05, 4.69) is 5.32 Å². The molecule has 0 spiro atoms. The molecule has 0 saturated carbocycles.